The normalized spacial score (nSPS) is 12.6. The molecule has 1 aliphatic rings. The summed E-state index contributed by atoms with van der Waals surface area (Å²) < 4.78 is 13.7. The SMILES string of the molecule is O=C(Cc1cc2c(cc1Br)OCCO2)Nc1ccnn1Cc1ccc(Cl)cc1. The second-order valence-electron chi connectivity index (χ2n) is 6.31. The van der Waals surface area contributed by atoms with Crippen LogP contribution in [0.3, 0.4) is 0 Å². The number of rotatable bonds is 5. The van der Waals surface area contributed by atoms with Crippen molar-refractivity contribution in [3.05, 3.63) is 69.3 Å². The summed E-state index contributed by atoms with van der Waals surface area (Å²) in [7, 11) is 0. The lowest BCUT2D eigenvalue weighted by Gasteiger charge is -2.20. The van der Waals surface area contributed by atoms with Crippen LogP contribution in [-0.2, 0) is 17.8 Å². The zero-order valence-electron chi connectivity index (χ0n) is 14.8. The first-order valence-corrected chi connectivity index (χ1v) is 9.90. The molecule has 3 aromatic rings. The van der Waals surface area contributed by atoms with Crippen LogP contribution in [0, 0.1) is 0 Å². The highest BCUT2D eigenvalue weighted by Crippen LogP contribution is 2.35. The fraction of sp³-hybridized carbons (Fsp3) is 0.200. The first kappa shape index (κ1) is 18.8. The third kappa shape index (κ3) is 4.31. The van der Waals surface area contributed by atoms with Crippen molar-refractivity contribution in [3.63, 3.8) is 0 Å². The molecule has 0 radical (unpaired) electrons. The van der Waals surface area contributed by atoms with Crippen LogP contribution in [-0.4, -0.2) is 28.9 Å². The second kappa shape index (κ2) is 8.24. The number of carbonyl (C=O) groups excluding carboxylic acids is 1. The van der Waals surface area contributed by atoms with Crippen LogP contribution >= 0.6 is 27.5 Å². The Morgan fingerprint density at radius 2 is 1.86 bits per heavy atom. The van der Waals surface area contributed by atoms with E-state index in [1.807, 2.05) is 36.4 Å². The van der Waals surface area contributed by atoms with Gasteiger partial charge in [-0.2, -0.15) is 5.10 Å². The van der Waals surface area contributed by atoms with Gasteiger partial charge in [0.2, 0.25) is 5.91 Å². The Hall–Kier alpha value is -2.51. The Balaban J connectivity index is 1.45. The highest BCUT2D eigenvalue weighted by atomic mass is 79.9. The zero-order chi connectivity index (χ0) is 19.5. The van der Waals surface area contributed by atoms with Gasteiger partial charge < -0.3 is 14.8 Å². The summed E-state index contributed by atoms with van der Waals surface area (Å²) in [5.74, 6) is 1.83. The predicted octanol–water partition coefficient (Wildman–Crippen LogP) is 4.30. The molecule has 1 aromatic heterocycles. The van der Waals surface area contributed by atoms with E-state index in [1.54, 1.807) is 16.9 Å². The molecule has 0 fully saturated rings. The van der Waals surface area contributed by atoms with E-state index in [1.165, 1.54) is 0 Å². The molecule has 144 valence electrons. The maximum atomic E-state index is 12.6. The van der Waals surface area contributed by atoms with E-state index in [0.717, 1.165) is 15.6 Å². The van der Waals surface area contributed by atoms with Gasteiger partial charge in [-0.3, -0.25) is 4.79 Å². The number of anilines is 1. The summed E-state index contributed by atoms with van der Waals surface area (Å²) in [6.07, 6.45) is 1.86. The van der Waals surface area contributed by atoms with Crippen LogP contribution in [0.15, 0.2) is 53.1 Å². The van der Waals surface area contributed by atoms with E-state index < -0.39 is 0 Å². The number of amides is 1. The molecular weight excluding hydrogens is 446 g/mol. The molecule has 0 saturated heterocycles. The second-order valence-corrected chi connectivity index (χ2v) is 7.60. The van der Waals surface area contributed by atoms with E-state index >= 15 is 0 Å². The van der Waals surface area contributed by atoms with Gasteiger partial charge >= 0.3 is 0 Å². The number of hydrogen-bond acceptors (Lipinski definition) is 4. The van der Waals surface area contributed by atoms with Gasteiger partial charge in [0.25, 0.3) is 0 Å². The molecule has 0 aliphatic carbocycles. The van der Waals surface area contributed by atoms with Gasteiger partial charge in [0.15, 0.2) is 11.5 Å². The van der Waals surface area contributed by atoms with Crippen molar-refractivity contribution in [1.82, 2.24) is 9.78 Å². The van der Waals surface area contributed by atoms with E-state index in [9.17, 15) is 4.79 Å². The van der Waals surface area contributed by atoms with Gasteiger partial charge in [-0.25, -0.2) is 4.68 Å². The number of hydrogen-bond donors (Lipinski definition) is 1. The molecule has 2 heterocycles. The number of halogens is 2. The smallest absolute Gasteiger partial charge is 0.229 e. The Bertz CT molecular complexity index is 1000. The number of aromatic nitrogens is 2. The molecule has 1 aliphatic heterocycles. The lowest BCUT2D eigenvalue weighted by atomic mass is 10.1. The first-order chi connectivity index (χ1) is 13.6. The van der Waals surface area contributed by atoms with E-state index in [-0.39, 0.29) is 12.3 Å². The fourth-order valence-corrected chi connectivity index (χ4v) is 3.52. The quantitative estimate of drug-likeness (QED) is 0.614. The van der Waals surface area contributed by atoms with Crippen molar-refractivity contribution >= 4 is 39.3 Å². The van der Waals surface area contributed by atoms with Crippen molar-refractivity contribution < 1.29 is 14.3 Å². The topological polar surface area (TPSA) is 65.4 Å². The summed E-state index contributed by atoms with van der Waals surface area (Å²) in [6, 6.07) is 13.0. The highest BCUT2D eigenvalue weighted by molar-refractivity contribution is 9.10. The molecule has 0 spiro atoms. The standard InChI is InChI=1S/C20H17BrClN3O3/c21-16-11-18-17(27-7-8-28-18)9-14(16)10-20(26)24-19-5-6-23-25(19)12-13-1-3-15(22)4-2-13/h1-6,9,11H,7-8,10,12H2,(H,24,26). The monoisotopic (exact) mass is 461 g/mol. The Morgan fingerprint density at radius 3 is 2.61 bits per heavy atom. The minimum atomic E-state index is -0.143. The summed E-state index contributed by atoms with van der Waals surface area (Å²) in [5, 5.41) is 7.90. The Kier molecular flexibility index (Phi) is 5.54. The number of ether oxygens (including phenoxy) is 2. The molecule has 28 heavy (non-hydrogen) atoms. The van der Waals surface area contributed by atoms with Crippen molar-refractivity contribution in [2.75, 3.05) is 18.5 Å². The molecule has 6 nitrogen and oxygen atoms in total. The van der Waals surface area contributed by atoms with Gasteiger partial charge in [-0.1, -0.05) is 39.7 Å². The molecule has 0 atom stereocenters. The molecule has 4 rings (SSSR count). The molecule has 8 heteroatoms. The van der Waals surface area contributed by atoms with Gasteiger partial charge in [-0.05, 0) is 35.4 Å². The summed E-state index contributed by atoms with van der Waals surface area (Å²) >= 11 is 9.43. The van der Waals surface area contributed by atoms with Gasteiger partial charge in [-0.15, -0.1) is 0 Å². The highest BCUT2D eigenvalue weighted by Gasteiger charge is 2.17. The molecule has 0 bridgehead atoms. The van der Waals surface area contributed by atoms with Crippen LogP contribution in [0.1, 0.15) is 11.1 Å². The summed E-state index contributed by atoms with van der Waals surface area (Å²) in [6.45, 7) is 1.56. The number of nitrogens with zero attached hydrogens (tertiary/aromatic N) is 2. The van der Waals surface area contributed by atoms with Crippen LogP contribution < -0.4 is 14.8 Å². The maximum Gasteiger partial charge on any atom is 0.229 e. The van der Waals surface area contributed by atoms with Crippen molar-refractivity contribution in [2.45, 2.75) is 13.0 Å². The predicted molar refractivity (Wildman–Crippen MR) is 110 cm³/mol. The molecule has 0 unspecified atom stereocenters. The number of carbonyl (C=O) groups is 1. The molecule has 0 saturated carbocycles. The van der Waals surface area contributed by atoms with Gasteiger partial charge in [0.05, 0.1) is 19.2 Å². The average molecular weight is 463 g/mol. The summed E-state index contributed by atoms with van der Waals surface area (Å²) in [4.78, 5) is 12.6. The lowest BCUT2D eigenvalue weighted by molar-refractivity contribution is -0.115. The maximum absolute atomic E-state index is 12.6. The van der Waals surface area contributed by atoms with Crippen LogP contribution in [0.4, 0.5) is 5.82 Å². The van der Waals surface area contributed by atoms with E-state index in [2.05, 4.69) is 26.3 Å². The third-order valence-corrected chi connectivity index (χ3v) is 5.28. The fourth-order valence-electron chi connectivity index (χ4n) is 2.93. The number of benzene rings is 2. The van der Waals surface area contributed by atoms with Crippen LogP contribution in [0.5, 0.6) is 11.5 Å². The van der Waals surface area contributed by atoms with Crippen molar-refractivity contribution in [2.24, 2.45) is 0 Å². The van der Waals surface area contributed by atoms with Crippen LogP contribution in [0.2, 0.25) is 5.02 Å². The average Bonchev–Trinajstić information content (AvgIpc) is 3.10. The Labute approximate surface area is 175 Å². The van der Waals surface area contributed by atoms with Crippen molar-refractivity contribution in [3.8, 4) is 11.5 Å². The lowest BCUT2D eigenvalue weighted by Crippen LogP contribution is -2.19. The third-order valence-electron chi connectivity index (χ3n) is 4.29. The molecule has 2 aromatic carbocycles. The summed E-state index contributed by atoms with van der Waals surface area (Å²) in [5.41, 5.74) is 1.86. The largest absolute Gasteiger partial charge is 0.486 e. The van der Waals surface area contributed by atoms with Crippen molar-refractivity contribution in [1.29, 1.82) is 0 Å². The number of nitrogens with one attached hydrogen (secondary N) is 1. The zero-order valence-corrected chi connectivity index (χ0v) is 17.2. The molecular formula is C20H17BrClN3O3. The minimum Gasteiger partial charge on any atom is -0.486 e. The van der Waals surface area contributed by atoms with E-state index in [4.69, 9.17) is 21.1 Å². The Morgan fingerprint density at radius 1 is 1.14 bits per heavy atom. The number of fused-ring (bicyclic) bond motifs is 1. The molecule has 1 amide bonds. The molecule has 1 N–H and O–H groups in total. The van der Waals surface area contributed by atoms with Gasteiger partial charge in [0.1, 0.15) is 19.0 Å². The van der Waals surface area contributed by atoms with Gasteiger partial charge in [0, 0.05) is 15.6 Å². The van der Waals surface area contributed by atoms with Crippen LogP contribution in [0.25, 0.3) is 0 Å². The first-order valence-electron chi connectivity index (χ1n) is 8.72. The van der Waals surface area contributed by atoms with E-state index in [0.29, 0.717) is 42.1 Å². The minimum absolute atomic E-state index is 0.143.